The van der Waals surface area contributed by atoms with Gasteiger partial charge in [0.2, 0.25) is 11.8 Å². The first-order valence-corrected chi connectivity index (χ1v) is 9.90. The van der Waals surface area contributed by atoms with Gasteiger partial charge in [0, 0.05) is 18.7 Å². The quantitative estimate of drug-likeness (QED) is 0.702. The molecule has 2 aromatic rings. The number of anilines is 1. The molecule has 28 heavy (non-hydrogen) atoms. The fourth-order valence-electron chi connectivity index (χ4n) is 3.04. The van der Waals surface area contributed by atoms with Crippen LogP contribution in [0.5, 0.6) is 0 Å². The Balaban J connectivity index is 1.83. The summed E-state index contributed by atoms with van der Waals surface area (Å²) >= 11 is 6.11. The maximum atomic E-state index is 12.1. The van der Waals surface area contributed by atoms with Crippen molar-refractivity contribution >= 4 is 29.1 Å². The van der Waals surface area contributed by atoms with Gasteiger partial charge in [0.05, 0.1) is 22.9 Å². The molecule has 1 aromatic carbocycles. The minimum Gasteiger partial charge on any atom is -0.347 e. The SMILES string of the molecule is Cc1ccc(NC(=O)CNC(=O)CCc2c(C)nn(CC(C)C)c2C)c(Cl)c1. The van der Waals surface area contributed by atoms with Crippen molar-refractivity contribution in [1.82, 2.24) is 15.1 Å². The third kappa shape index (κ3) is 6.09. The first-order valence-electron chi connectivity index (χ1n) is 9.53. The van der Waals surface area contributed by atoms with Crippen molar-refractivity contribution in [3.05, 3.63) is 45.7 Å². The van der Waals surface area contributed by atoms with E-state index in [1.807, 2.05) is 31.5 Å². The van der Waals surface area contributed by atoms with Gasteiger partial charge in [-0.05, 0) is 56.4 Å². The summed E-state index contributed by atoms with van der Waals surface area (Å²) in [7, 11) is 0. The number of carbonyl (C=O) groups is 2. The minimum absolute atomic E-state index is 0.0897. The van der Waals surface area contributed by atoms with Gasteiger partial charge in [-0.25, -0.2) is 0 Å². The van der Waals surface area contributed by atoms with E-state index in [1.54, 1.807) is 12.1 Å². The van der Waals surface area contributed by atoms with Crippen LogP contribution in [0.2, 0.25) is 5.02 Å². The molecule has 0 fully saturated rings. The molecule has 0 aliphatic heterocycles. The van der Waals surface area contributed by atoms with E-state index in [2.05, 4.69) is 29.6 Å². The number of nitrogens with zero attached hydrogens (tertiary/aromatic N) is 2. The van der Waals surface area contributed by atoms with Gasteiger partial charge in [-0.15, -0.1) is 0 Å². The zero-order chi connectivity index (χ0) is 20.8. The number of carbonyl (C=O) groups excluding carboxylic acids is 2. The Bertz CT molecular complexity index is 858. The number of hydrogen-bond acceptors (Lipinski definition) is 3. The van der Waals surface area contributed by atoms with Crippen molar-refractivity contribution in [1.29, 1.82) is 0 Å². The Morgan fingerprint density at radius 3 is 2.54 bits per heavy atom. The van der Waals surface area contributed by atoms with Gasteiger partial charge in [-0.1, -0.05) is 31.5 Å². The molecule has 0 aliphatic carbocycles. The molecule has 0 spiro atoms. The number of hydrogen-bond donors (Lipinski definition) is 2. The van der Waals surface area contributed by atoms with Crippen LogP contribution in [0.25, 0.3) is 0 Å². The lowest BCUT2D eigenvalue weighted by atomic mass is 10.1. The van der Waals surface area contributed by atoms with Crippen molar-refractivity contribution in [3.63, 3.8) is 0 Å². The molecule has 7 heteroatoms. The van der Waals surface area contributed by atoms with E-state index in [4.69, 9.17) is 11.6 Å². The Kier molecular flexibility index (Phi) is 7.63. The first kappa shape index (κ1) is 22.0. The van der Waals surface area contributed by atoms with E-state index in [1.165, 1.54) is 0 Å². The lowest BCUT2D eigenvalue weighted by Gasteiger charge is -2.09. The Morgan fingerprint density at radius 2 is 1.89 bits per heavy atom. The van der Waals surface area contributed by atoms with Gasteiger partial charge in [0.25, 0.3) is 0 Å². The van der Waals surface area contributed by atoms with Gasteiger partial charge < -0.3 is 10.6 Å². The van der Waals surface area contributed by atoms with Crippen LogP contribution >= 0.6 is 11.6 Å². The van der Waals surface area contributed by atoms with Gasteiger partial charge in [-0.2, -0.15) is 5.10 Å². The highest BCUT2D eigenvalue weighted by atomic mass is 35.5. The van der Waals surface area contributed by atoms with E-state index in [0.29, 0.717) is 29.5 Å². The third-order valence-corrected chi connectivity index (χ3v) is 4.83. The molecule has 0 saturated heterocycles. The number of aromatic nitrogens is 2. The second kappa shape index (κ2) is 9.73. The summed E-state index contributed by atoms with van der Waals surface area (Å²) in [6, 6.07) is 5.39. The highest BCUT2D eigenvalue weighted by Crippen LogP contribution is 2.22. The van der Waals surface area contributed by atoms with Crippen LogP contribution in [0, 0.1) is 26.7 Å². The summed E-state index contributed by atoms with van der Waals surface area (Å²) in [5.74, 6) is 0.0338. The van der Waals surface area contributed by atoms with Crippen LogP contribution in [0.4, 0.5) is 5.69 Å². The molecule has 6 nitrogen and oxygen atoms in total. The largest absolute Gasteiger partial charge is 0.347 e. The van der Waals surface area contributed by atoms with Crippen molar-refractivity contribution in [2.45, 2.75) is 54.0 Å². The second-order valence-electron chi connectivity index (χ2n) is 7.53. The molecular formula is C21H29ClN4O2. The van der Waals surface area contributed by atoms with E-state index in [-0.39, 0.29) is 18.4 Å². The standard InChI is InChI=1S/C21H29ClN4O2/c1-13(2)12-26-16(5)17(15(4)25-26)7-9-20(27)23-11-21(28)24-19-8-6-14(3)10-18(19)22/h6,8,10,13H,7,9,11-12H2,1-5H3,(H,23,27)(H,24,28). The maximum Gasteiger partial charge on any atom is 0.243 e. The predicted octanol–water partition coefficient (Wildman–Crippen LogP) is 3.81. The molecule has 0 radical (unpaired) electrons. The topological polar surface area (TPSA) is 76.0 Å². The second-order valence-corrected chi connectivity index (χ2v) is 7.94. The molecular weight excluding hydrogens is 376 g/mol. The van der Waals surface area contributed by atoms with Crippen molar-refractivity contribution < 1.29 is 9.59 Å². The van der Waals surface area contributed by atoms with E-state index in [0.717, 1.165) is 29.1 Å². The van der Waals surface area contributed by atoms with Crippen molar-refractivity contribution in [3.8, 4) is 0 Å². The van der Waals surface area contributed by atoms with Crippen molar-refractivity contribution in [2.75, 3.05) is 11.9 Å². The Labute approximate surface area is 171 Å². The molecule has 0 aliphatic rings. The maximum absolute atomic E-state index is 12.1. The predicted molar refractivity (Wildman–Crippen MR) is 113 cm³/mol. The number of halogens is 1. The van der Waals surface area contributed by atoms with E-state index < -0.39 is 0 Å². The van der Waals surface area contributed by atoms with Crippen LogP contribution in [0.1, 0.15) is 42.8 Å². The summed E-state index contributed by atoms with van der Waals surface area (Å²) < 4.78 is 2.01. The lowest BCUT2D eigenvalue weighted by molar-refractivity contribution is -0.124. The summed E-state index contributed by atoms with van der Waals surface area (Å²) in [5, 5.41) is 10.4. The molecule has 2 N–H and O–H groups in total. The highest BCUT2D eigenvalue weighted by Gasteiger charge is 2.14. The first-order chi connectivity index (χ1) is 13.2. The molecule has 0 saturated carbocycles. The Hall–Kier alpha value is -2.34. The number of amides is 2. The van der Waals surface area contributed by atoms with Crippen LogP contribution in [-0.2, 0) is 22.6 Å². The van der Waals surface area contributed by atoms with Gasteiger partial charge in [0.15, 0.2) is 0 Å². The molecule has 2 rings (SSSR count). The number of rotatable bonds is 8. The fourth-order valence-corrected chi connectivity index (χ4v) is 3.32. The summed E-state index contributed by atoms with van der Waals surface area (Å²) in [6.07, 6.45) is 0.917. The normalized spacial score (nSPS) is 11.0. The van der Waals surface area contributed by atoms with Crippen molar-refractivity contribution in [2.24, 2.45) is 5.92 Å². The smallest absolute Gasteiger partial charge is 0.243 e. The van der Waals surface area contributed by atoms with Crippen LogP contribution in [-0.4, -0.2) is 28.1 Å². The third-order valence-electron chi connectivity index (χ3n) is 4.52. The van der Waals surface area contributed by atoms with Crippen LogP contribution in [0.15, 0.2) is 18.2 Å². The van der Waals surface area contributed by atoms with E-state index >= 15 is 0 Å². The van der Waals surface area contributed by atoms with Crippen LogP contribution < -0.4 is 10.6 Å². The fraction of sp³-hybridized carbons (Fsp3) is 0.476. The average molecular weight is 405 g/mol. The van der Waals surface area contributed by atoms with E-state index in [9.17, 15) is 9.59 Å². The summed E-state index contributed by atoms with van der Waals surface area (Å²) in [4.78, 5) is 24.2. The van der Waals surface area contributed by atoms with Crippen LogP contribution in [0.3, 0.4) is 0 Å². The molecule has 0 bridgehead atoms. The number of nitrogens with one attached hydrogen (secondary N) is 2. The number of aryl methyl sites for hydroxylation is 2. The molecule has 152 valence electrons. The monoisotopic (exact) mass is 404 g/mol. The molecule has 0 atom stereocenters. The zero-order valence-electron chi connectivity index (χ0n) is 17.2. The molecule has 0 unspecified atom stereocenters. The van der Waals surface area contributed by atoms with Gasteiger partial charge in [0.1, 0.15) is 0 Å². The molecule has 1 heterocycles. The molecule has 1 aromatic heterocycles. The van der Waals surface area contributed by atoms with Gasteiger partial charge in [-0.3, -0.25) is 14.3 Å². The molecule has 2 amide bonds. The average Bonchev–Trinajstić information content (AvgIpc) is 2.86. The Morgan fingerprint density at radius 1 is 1.18 bits per heavy atom. The highest BCUT2D eigenvalue weighted by molar-refractivity contribution is 6.33. The lowest BCUT2D eigenvalue weighted by Crippen LogP contribution is -2.33. The summed E-state index contributed by atoms with van der Waals surface area (Å²) in [6.45, 7) is 11.0. The summed E-state index contributed by atoms with van der Waals surface area (Å²) in [5.41, 5.74) is 4.71. The zero-order valence-corrected chi connectivity index (χ0v) is 18.0. The minimum atomic E-state index is -0.309. The van der Waals surface area contributed by atoms with Gasteiger partial charge >= 0.3 is 0 Å². The number of benzene rings is 1.